The Balaban J connectivity index is 2.07. The van der Waals surface area contributed by atoms with E-state index in [1.54, 1.807) is 13.1 Å². The normalized spacial score (nSPS) is 24.9. The van der Waals surface area contributed by atoms with Crippen LogP contribution in [0.15, 0.2) is 10.6 Å². The third kappa shape index (κ3) is 2.12. The van der Waals surface area contributed by atoms with Crippen molar-refractivity contribution in [1.82, 2.24) is 4.98 Å². The zero-order valence-corrected chi connectivity index (χ0v) is 9.09. The molecular weight excluding hydrogens is 198 g/mol. The van der Waals surface area contributed by atoms with E-state index in [2.05, 4.69) is 4.98 Å². The van der Waals surface area contributed by atoms with Gasteiger partial charge in [-0.2, -0.15) is 11.8 Å². The van der Waals surface area contributed by atoms with Gasteiger partial charge in [0.1, 0.15) is 6.10 Å². The summed E-state index contributed by atoms with van der Waals surface area (Å²) in [6.45, 7) is 1.69. The van der Waals surface area contributed by atoms with Crippen LogP contribution in [0.5, 0.6) is 0 Å². The maximum Gasteiger partial charge on any atom is 0.198 e. The number of thioether (sulfide) groups is 1. The highest BCUT2D eigenvalue weighted by Crippen LogP contribution is 2.31. The predicted octanol–water partition coefficient (Wildman–Crippen LogP) is 2.34. The summed E-state index contributed by atoms with van der Waals surface area (Å²) in [5.74, 6) is 4.17. The quantitative estimate of drug-likeness (QED) is 0.819. The van der Waals surface area contributed by atoms with Gasteiger partial charge in [-0.3, -0.25) is 0 Å². The molecule has 2 unspecified atom stereocenters. The monoisotopic (exact) mass is 213 g/mol. The lowest BCUT2D eigenvalue weighted by Gasteiger charge is -2.17. The van der Waals surface area contributed by atoms with Gasteiger partial charge in [0.15, 0.2) is 11.7 Å². The SMILES string of the molecule is CC(O)c1cnc(C2CCCSC2)o1. The van der Waals surface area contributed by atoms with Crippen LogP contribution < -0.4 is 0 Å². The van der Waals surface area contributed by atoms with Crippen LogP contribution in [0.2, 0.25) is 0 Å². The van der Waals surface area contributed by atoms with Crippen molar-refractivity contribution in [3.05, 3.63) is 17.8 Å². The number of aliphatic hydroxyl groups excluding tert-OH is 1. The molecule has 14 heavy (non-hydrogen) atoms. The Morgan fingerprint density at radius 2 is 2.57 bits per heavy atom. The van der Waals surface area contributed by atoms with Gasteiger partial charge >= 0.3 is 0 Å². The van der Waals surface area contributed by atoms with E-state index in [1.165, 1.54) is 12.2 Å². The molecule has 2 atom stereocenters. The standard InChI is InChI=1S/C10H15NO2S/c1-7(12)9-5-11-10(13-9)8-3-2-4-14-6-8/h5,7-8,12H,2-4,6H2,1H3. The van der Waals surface area contributed by atoms with Crippen LogP contribution in [-0.2, 0) is 0 Å². The summed E-state index contributed by atoms with van der Waals surface area (Å²) in [5.41, 5.74) is 0. The second-order valence-electron chi connectivity index (χ2n) is 3.69. The molecule has 0 aliphatic carbocycles. The molecule has 0 saturated carbocycles. The first-order chi connectivity index (χ1) is 6.77. The van der Waals surface area contributed by atoms with Crippen LogP contribution in [0, 0.1) is 0 Å². The third-order valence-electron chi connectivity index (χ3n) is 2.46. The molecule has 78 valence electrons. The summed E-state index contributed by atoms with van der Waals surface area (Å²) in [5, 5.41) is 9.30. The minimum atomic E-state index is -0.549. The Hall–Kier alpha value is -0.480. The van der Waals surface area contributed by atoms with Crippen molar-refractivity contribution in [2.45, 2.75) is 31.8 Å². The molecule has 3 nitrogen and oxygen atoms in total. The zero-order valence-electron chi connectivity index (χ0n) is 8.27. The molecule has 4 heteroatoms. The van der Waals surface area contributed by atoms with Crippen LogP contribution in [0.1, 0.15) is 43.4 Å². The number of nitrogens with zero attached hydrogens (tertiary/aromatic N) is 1. The first-order valence-corrected chi connectivity index (χ1v) is 6.14. The number of aromatic nitrogens is 1. The lowest BCUT2D eigenvalue weighted by Crippen LogP contribution is -2.08. The van der Waals surface area contributed by atoms with Crippen molar-refractivity contribution in [2.24, 2.45) is 0 Å². The van der Waals surface area contributed by atoms with Gasteiger partial charge < -0.3 is 9.52 Å². The van der Waals surface area contributed by atoms with Gasteiger partial charge in [-0.1, -0.05) is 0 Å². The molecule has 1 aromatic rings. The molecule has 0 bridgehead atoms. The van der Waals surface area contributed by atoms with Gasteiger partial charge in [-0.15, -0.1) is 0 Å². The van der Waals surface area contributed by atoms with E-state index < -0.39 is 6.10 Å². The number of oxazole rings is 1. The van der Waals surface area contributed by atoms with Crippen molar-refractivity contribution in [3.8, 4) is 0 Å². The second-order valence-corrected chi connectivity index (χ2v) is 4.84. The molecule has 1 aliphatic heterocycles. The van der Waals surface area contributed by atoms with Crippen LogP contribution >= 0.6 is 11.8 Å². The summed E-state index contributed by atoms with van der Waals surface area (Å²) in [6.07, 6.45) is 3.49. The summed E-state index contributed by atoms with van der Waals surface area (Å²) < 4.78 is 5.51. The first kappa shape index (κ1) is 10.1. The average Bonchev–Trinajstić information content (AvgIpc) is 2.68. The Morgan fingerprint density at radius 3 is 3.14 bits per heavy atom. The predicted molar refractivity (Wildman–Crippen MR) is 56.4 cm³/mol. The van der Waals surface area contributed by atoms with Crippen LogP contribution in [0.3, 0.4) is 0 Å². The fourth-order valence-corrected chi connectivity index (χ4v) is 2.75. The molecule has 1 aliphatic rings. The van der Waals surface area contributed by atoms with Crippen LogP contribution in [0.25, 0.3) is 0 Å². The zero-order chi connectivity index (χ0) is 9.97. The van der Waals surface area contributed by atoms with Crippen molar-refractivity contribution in [3.63, 3.8) is 0 Å². The van der Waals surface area contributed by atoms with Crippen molar-refractivity contribution in [1.29, 1.82) is 0 Å². The molecule has 2 rings (SSSR count). The molecule has 1 fully saturated rings. The Labute approximate surface area is 87.9 Å². The minimum absolute atomic E-state index is 0.446. The lowest BCUT2D eigenvalue weighted by molar-refractivity contribution is 0.166. The minimum Gasteiger partial charge on any atom is -0.443 e. The topological polar surface area (TPSA) is 46.3 Å². The van der Waals surface area contributed by atoms with Crippen LogP contribution in [-0.4, -0.2) is 21.6 Å². The van der Waals surface area contributed by atoms with Gasteiger partial charge in [0, 0.05) is 11.7 Å². The molecule has 0 aromatic carbocycles. The fraction of sp³-hybridized carbons (Fsp3) is 0.700. The number of hydrogen-bond donors (Lipinski definition) is 1. The summed E-state index contributed by atoms with van der Waals surface area (Å²) >= 11 is 1.95. The van der Waals surface area contributed by atoms with E-state index in [0.29, 0.717) is 11.7 Å². The van der Waals surface area contributed by atoms with Gasteiger partial charge in [-0.05, 0) is 25.5 Å². The average molecular weight is 213 g/mol. The van der Waals surface area contributed by atoms with E-state index in [4.69, 9.17) is 4.42 Å². The highest BCUT2D eigenvalue weighted by atomic mass is 32.2. The summed E-state index contributed by atoms with van der Waals surface area (Å²) in [4.78, 5) is 4.22. The molecule has 0 amide bonds. The second kappa shape index (κ2) is 4.36. The third-order valence-corrected chi connectivity index (χ3v) is 3.68. The van der Waals surface area contributed by atoms with E-state index in [0.717, 1.165) is 18.1 Å². The van der Waals surface area contributed by atoms with E-state index in [-0.39, 0.29) is 0 Å². The largest absolute Gasteiger partial charge is 0.443 e. The molecule has 1 N–H and O–H groups in total. The molecular formula is C10H15NO2S. The molecule has 0 spiro atoms. The van der Waals surface area contributed by atoms with E-state index in [9.17, 15) is 5.11 Å². The number of hydrogen-bond acceptors (Lipinski definition) is 4. The summed E-state index contributed by atoms with van der Waals surface area (Å²) in [6, 6.07) is 0. The highest BCUT2D eigenvalue weighted by molar-refractivity contribution is 7.99. The van der Waals surface area contributed by atoms with Crippen LogP contribution in [0.4, 0.5) is 0 Å². The maximum absolute atomic E-state index is 9.30. The Kier molecular flexibility index (Phi) is 3.13. The van der Waals surface area contributed by atoms with Gasteiger partial charge in [-0.25, -0.2) is 4.98 Å². The Morgan fingerprint density at radius 1 is 1.71 bits per heavy atom. The van der Waals surface area contributed by atoms with Gasteiger partial charge in [0.05, 0.1) is 6.20 Å². The first-order valence-electron chi connectivity index (χ1n) is 4.99. The van der Waals surface area contributed by atoms with Crippen molar-refractivity contribution >= 4 is 11.8 Å². The molecule has 1 aromatic heterocycles. The maximum atomic E-state index is 9.30. The highest BCUT2D eigenvalue weighted by Gasteiger charge is 2.21. The number of aliphatic hydroxyl groups is 1. The van der Waals surface area contributed by atoms with E-state index in [1.807, 2.05) is 11.8 Å². The van der Waals surface area contributed by atoms with Gasteiger partial charge in [0.25, 0.3) is 0 Å². The summed E-state index contributed by atoms with van der Waals surface area (Å²) in [7, 11) is 0. The number of rotatable bonds is 2. The smallest absolute Gasteiger partial charge is 0.198 e. The molecule has 1 saturated heterocycles. The molecule has 0 radical (unpaired) electrons. The van der Waals surface area contributed by atoms with E-state index >= 15 is 0 Å². The van der Waals surface area contributed by atoms with Crippen molar-refractivity contribution in [2.75, 3.05) is 11.5 Å². The van der Waals surface area contributed by atoms with Gasteiger partial charge in [0.2, 0.25) is 0 Å². The molecule has 2 heterocycles. The van der Waals surface area contributed by atoms with Crippen molar-refractivity contribution < 1.29 is 9.52 Å². The fourth-order valence-electron chi connectivity index (χ4n) is 1.62. The Bertz CT molecular complexity index is 292. The lowest BCUT2D eigenvalue weighted by atomic mass is 10.1.